The van der Waals surface area contributed by atoms with E-state index in [-0.39, 0.29) is 0 Å². The third kappa shape index (κ3) is 2.54. The van der Waals surface area contributed by atoms with Crippen LogP contribution in [0.25, 0.3) is 0 Å². The van der Waals surface area contributed by atoms with Crippen LogP contribution in [0.2, 0.25) is 0 Å². The molecule has 2 atom stereocenters. The summed E-state index contributed by atoms with van der Waals surface area (Å²) < 4.78 is 0. The fraction of sp³-hybridized carbons (Fsp3) is 0.455. The van der Waals surface area contributed by atoms with Gasteiger partial charge >= 0.3 is 0 Å². The van der Waals surface area contributed by atoms with E-state index in [1.54, 1.807) is 0 Å². The van der Waals surface area contributed by atoms with Gasteiger partial charge in [0.1, 0.15) is 6.10 Å². The topological polar surface area (TPSA) is 40.5 Å². The van der Waals surface area contributed by atoms with Gasteiger partial charge in [0.05, 0.1) is 6.10 Å². The predicted octanol–water partition coefficient (Wildman–Crippen LogP) is 1.80. The molecule has 0 fully saturated rings. The maximum absolute atomic E-state index is 9.66. The molecule has 0 bridgehead atoms. The summed E-state index contributed by atoms with van der Waals surface area (Å²) in [7, 11) is 0. The van der Waals surface area contributed by atoms with Crippen LogP contribution in [0.15, 0.2) is 24.3 Å². The van der Waals surface area contributed by atoms with Crippen molar-refractivity contribution in [2.24, 2.45) is 0 Å². The van der Waals surface area contributed by atoms with Gasteiger partial charge in [-0.2, -0.15) is 0 Å². The average molecular weight is 180 g/mol. The number of benzene rings is 1. The molecule has 72 valence electrons. The van der Waals surface area contributed by atoms with Gasteiger partial charge in [-0.15, -0.1) is 0 Å². The number of aliphatic hydroxyl groups is 2. The Bertz CT molecular complexity index is 271. The van der Waals surface area contributed by atoms with Crippen LogP contribution in [0.3, 0.4) is 0 Å². The molecule has 0 radical (unpaired) electrons. The molecule has 2 unspecified atom stereocenters. The maximum Gasteiger partial charge on any atom is 0.105 e. The molecular formula is C11H16O2. The zero-order valence-corrected chi connectivity index (χ0v) is 8.07. The Morgan fingerprint density at radius 1 is 1.31 bits per heavy atom. The molecule has 0 aromatic heterocycles. The molecule has 1 aromatic carbocycles. The molecule has 2 nitrogen and oxygen atoms in total. The number of aliphatic hydroxyl groups excluding tert-OH is 2. The van der Waals surface area contributed by atoms with Crippen molar-refractivity contribution >= 4 is 0 Å². The second kappa shape index (κ2) is 4.40. The Hall–Kier alpha value is -0.860. The van der Waals surface area contributed by atoms with E-state index in [4.69, 9.17) is 0 Å². The van der Waals surface area contributed by atoms with E-state index in [2.05, 4.69) is 0 Å². The lowest BCUT2D eigenvalue weighted by atomic mass is 10.0. The zero-order chi connectivity index (χ0) is 9.84. The molecule has 1 rings (SSSR count). The van der Waals surface area contributed by atoms with Crippen LogP contribution in [0.1, 0.15) is 30.6 Å². The van der Waals surface area contributed by atoms with E-state index in [1.165, 1.54) is 0 Å². The lowest BCUT2D eigenvalue weighted by Gasteiger charge is -2.16. The normalized spacial score (nSPS) is 15.4. The Morgan fingerprint density at radius 3 is 2.54 bits per heavy atom. The van der Waals surface area contributed by atoms with Gasteiger partial charge in [-0.3, -0.25) is 0 Å². The van der Waals surface area contributed by atoms with Gasteiger partial charge in [0.15, 0.2) is 0 Å². The van der Waals surface area contributed by atoms with E-state index in [9.17, 15) is 10.2 Å². The molecule has 0 saturated heterocycles. The first-order chi connectivity index (χ1) is 6.15. The second-order valence-electron chi connectivity index (χ2n) is 3.33. The van der Waals surface area contributed by atoms with Crippen LogP contribution in [-0.4, -0.2) is 16.3 Å². The van der Waals surface area contributed by atoms with Crippen LogP contribution in [0.4, 0.5) is 0 Å². The number of rotatable bonds is 3. The number of aryl methyl sites for hydroxylation is 1. The van der Waals surface area contributed by atoms with Crippen LogP contribution in [0, 0.1) is 6.92 Å². The summed E-state index contributed by atoms with van der Waals surface area (Å²) in [6.45, 7) is 3.82. The van der Waals surface area contributed by atoms with Gasteiger partial charge in [0.25, 0.3) is 0 Å². The number of hydrogen-bond donors (Lipinski definition) is 2. The molecule has 2 N–H and O–H groups in total. The van der Waals surface area contributed by atoms with E-state index < -0.39 is 12.2 Å². The summed E-state index contributed by atoms with van der Waals surface area (Å²) in [4.78, 5) is 0. The molecule has 0 aliphatic rings. The largest absolute Gasteiger partial charge is 0.390 e. The Kier molecular flexibility index (Phi) is 3.46. The van der Waals surface area contributed by atoms with E-state index in [0.717, 1.165) is 11.1 Å². The van der Waals surface area contributed by atoms with Crippen molar-refractivity contribution in [1.29, 1.82) is 0 Å². The Balaban J connectivity index is 2.82. The SMILES string of the molecule is CCC(O)C(O)c1cccc(C)c1. The smallest absolute Gasteiger partial charge is 0.105 e. The molecule has 0 amide bonds. The van der Waals surface area contributed by atoms with Gasteiger partial charge in [0.2, 0.25) is 0 Å². The highest BCUT2D eigenvalue weighted by Crippen LogP contribution is 2.19. The van der Waals surface area contributed by atoms with Crippen LogP contribution in [0.5, 0.6) is 0 Å². The minimum atomic E-state index is -0.759. The summed E-state index contributed by atoms with van der Waals surface area (Å²) >= 11 is 0. The van der Waals surface area contributed by atoms with Gasteiger partial charge in [-0.1, -0.05) is 36.8 Å². The van der Waals surface area contributed by atoms with Crippen molar-refractivity contribution in [2.75, 3.05) is 0 Å². The molecule has 0 heterocycles. The molecule has 0 aliphatic carbocycles. The summed E-state index contributed by atoms with van der Waals surface area (Å²) in [5, 5.41) is 19.1. The quantitative estimate of drug-likeness (QED) is 0.744. The van der Waals surface area contributed by atoms with Gasteiger partial charge in [-0.05, 0) is 18.9 Å². The molecule has 1 aromatic rings. The number of hydrogen-bond acceptors (Lipinski definition) is 2. The monoisotopic (exact) mass is 180 g/mol. The maximum atomic E-state index is 9.66. The molecular weight excluding hydrogens is 164 g/mol. The van der Waals surface area contributed by atoms with Crippen molar-refractivity contribution in [2.45, 2.75) is 32.5 Å². The van der Waals surface area contributed by atoms with Crippen molar-refractivity contribution in [3.8, 4) is 0 Å². The summed E-state index contributed by atoms with van der Waals surface area (Å²) in [5.74, 6) is 0. The minimum Gasteiger partial charge on any atom is -0.390 e. The Labute approximate surface area is 78.8 Å². The van der Waals surface area contributed by atoms with E-state index >= 15 is 0 Å². The standard InChI is InChI=1S/C11H16O2/c1-3-10(12)11(13)9-6-4-5-8(2)7-9/h4-7,10-13H,3H2,1-2H3. The average Bonchev–Trinajstić information content (AvgIpc) is 2.15. The van der Waals surface area contributed by atoms with E-state index in [1.807, 2.05) is 38.1 Å². The minimum absolute atomic E-state index is 0.565. The second-order valence-corrected chi connectivity index (χ2v) is 3.33. The third-order valence-electron chi connectivity index (χ3n) is 2.17. The molecule has 0 aliphatic heterocycles. The highest BCUT2D eigenvalue weighted by atomic mass is 16.3. The molecule has 2 heteroatoms. The fourth-order valence-corrected chi connectivity index (χ4v) is 1.30. The lowest BCUT2D eigenvalue weighted by Crippen LogP contribution is -2.16. The first kappa shape index (κ1) is 10.2. The van der Waals surface area contributed by atoms with Gasteiger partial charge in [0, 0.05) is 0 Å². The fourth-order valence-electron chi connectivity index (χ4n) is 1.30. The highest BCUT2D eigenvalue weighted by molar-refractivity contribution is 5.24. The third-order valence-corrected chi connectivity index (χ3v) is 2.17. The summed E-state index contributed by atoms with van der Waals surface area (Å²) in [6.07, 6.45) is -0.860. The molecule has 13 heavy (non-hydrogen) atoms. The zero-order valence-electron chi connectivity index (χ0n) is 8.07. The predicted molar refractivity (Wildman–Crippen MR) is 52.4 cm³/mol. The van der Waals surface area contributed by atoms with Gasteiger partial charge < -0.3 is 10.2 Å². The van der Waals surface area contributed by atoms with Crippen LogP contribution >= 0.6 is 0 Å². The van der Waals surface area contributed by atoms with Crippen LogP contribution < -0.4 is 0 Å². The van der Waals surface area contributed by atoms with E-state index in [0.29, 0.717) is 6.42 Å². The summed E-state index contributed by atoms with van der Waals surface area (Å²) in [6, 6.07) is 7.57. The Morgan fingerprint density at radius 2 is 2.00 bits per heavy atom. The lowest BCUT2D eigenvalue weighted by molar-refractivity contribution is 0.0164. The first-order valence-corrected chi connectivity index (χ1v) is 4.58. The molecule has 0 saturated carbocycles. The van der Waals surface area contributed by atoms with Gasteiger partial charge in [-0.25, -0.2) is 0 Å². The van der Waals surface area contributed by atoms with Crippen molar-refractivity contribution in [3.05, 3.63) is 35.4 Å². The van der Waals surface area contributed by atoms with Crippen molar-refractivity contribution in [1.82, 2.24) is 0 Å². The van der Waals surface area contributed by atoms with Crippen LogP contribution in [-0.2, 0) is 0 Å². The van der Waals surface area contributed by atoms with Crippen molar-refractivity contribution in [3.63, 3.8) is 0 Å². The summed E-state index contributed by atoms with van der Waals surface area (Å²) in [5.41, 5.74) is 1.88. The van der Waals surface area contributed by atoms with Crippen molar-refractivity contribution < 1.29 is 10.2 Å². The first-order valence-electron chi connectivity index (χ1n) is 4.58. The molecule has 0 spiro atoms. The highest BCUT2D eigenvalue weighted by Gasteiger charge is 2.15.